The number of rotatable bonds is 10. The lowest BCUT2D eigenvalue weighted by Crippen LogP contribution is -2.36. The third kappa shape index (κ3) is 6.16. The molecule has 1 saturated heterocycles. The summed E-state index contributed by atoms with van der Waals surface area (Å²) < 4.78 is 52.5. The number of morpholine rings is 1. The molecule has 2 aliphatic heterocycles. The number of benzene rings is 3. The molecule has 230 valence electrons. The number of sulfonamides is 1. The number of fused-ring (bicyclic) bond motifs is 2. The molecule has 0 bridgehead atoms. The summed E-state index contributed by atoms with van der Waals surface area (Å²) in [4.78, 5) is 27.5. The number of amides is 1. The van der Waals surface area contributed by atoms with Crippen LogP contribution < -0.4 is 23.8 Å². The molecule has 0 saturated carbocycles. The summed E-state index contributed by atoms with van der Waals surface area (Å²) in [6.07, 6.45) is -0.236. The van der Waals surface area contributed by atoms with Gasteiger partial charge in [0.15, 0.2) is 11.5 Å². The molecule has 11 nitrogen and oxygen atoms in total. The Kier molecular flexibility index (Phi) is 8.34. The molecule has 44 heavy (non-hydrogen) atoms. The van der Waals surface area contributed by atoms with Gasteiger partial charge in [0.2, 0.25) is 12.9 Å². The van der Waals surface area contributed by atoms with Crippen molar-refractivity contribution in [2.45, 2.75) is 30.1 Å². The molecule has 0 spiro atoms. The van der Waals surface area contributed by atoms with Crippen molar-refractivity contribution in [3.8, 4) is 17.2 Å². The van der Waals surface area contributed by atoms with Crippen molar-refractivity contribution in [1.82, 2.24) is 4.72 Å². The Bertz CT molecular complexity index is 1830. The Hall–Kier alpha value is -4.33. The lowest BCUT2D eigenvalue weighted by atomic mass is 10.0. The van der Waals surface area contributed by atoms with Crippen LogP contribution in [0.1, 0.15) is 40.9 Å². The van der Waals surface area contributed by atoms with Crippen LogP contribution in [0.25, 0.3) is 10.1 Å². The Morgan fingerprint density at radius 3 is 2.59 bits per heavy atom. The van der Waals surface area contributed by atoms with Crippen LogP contribution in [-0.2, 0) is 26.0 Å². The molecular formula is C31H30N2O9S2. The number of nitrogens with one attached hydrogen (secondary N) is 1. The average molecular weight is 639 g/mol. The molecule has 1 unspecified atom stereocenters. The fourth-order valence-corrected chi connectivity index (χ4v) is 7.52. The van der Waals surface area contributed by atoms with E-state index in [0.29, 0.717) is 48.7 Å². The smallest absolute Gasteiger partial charge is 0.335 e. The predicted octanol–water partition coefficient (Wildman–Crippen LogP) is 4.74. The summed E-state index contributed by atoms with van der Waals surface area (Å²) in [7, 11) is -4.28. The van der Waals surface area contributed by atoms with E-state index in [0.717, 1.165) is 40.2 Å². The van der Waals surface area contributed by atoms with Crippen LogP contribution in [0.15, 0.2) is 64.9 Å². The van der Waals surface area contributed by atoms with Crippen LogP contribution in [0.3, 0.4) is 0 Å². The normalized spacial score (nSPS) is 15.2. The Morgan fingerprint density at radius 1 is 1.02 bits per heavy atom. The largest absolute Gasteiger partial charge is 0.478 e. The number of carboxylic acids is 1. The molecule has 2 aliphatic rings. The molecule has 1 aromatic heterocycles. The summed E-state index contributed by atoms with van der Waals surface area (Å²) in [6, 6.07) is 16.5. The molecule has 1 atom stereocenters. The van der Waals surface area contributed by atoms with E-state index >= 15 is 0 Å². The van der Waals surface area contributed by atoms with Gasteiger partial charge in [-0.2, -0.15) is 0 Å². The number of carboxylic acid groups (broad SMARTS) is 1. The van der Waals surface area contributed by atoms with Crippen LogP contribution in [0.4, 0.5) is 5.69 Å². The number of hydrogen-bond donors (Lipinski definition) is 2. The minimum absolute atomic E-state index is 0.0121. The molecule has 4 aromatic rings. The van der Waals surface area contributed by atoms with Gasteiger partial charge < -0.3 is 29.0 Å². The van der Waals surface area contributed by atoms with Gasteiger partial charge in [0, 0.05) is 29.0 Å². The highest BCUT2D eigenvalue weighted by Gasteiger charge is 2.31. The van der Waals surface area contributed by atoms with Crippen molar-refractivity contribution in [2.75, 3.05) is 38.0 Å². The van der Waals surface area contributed by atoms with Gasteiger partial charge in [-0.25, -0.2) is 17.9 Å². The predicted molar refractivity (Wildman–Crippen MR) is 164 cm³/mol. The molecule has 1 fully saturated rings. The summed E-state index contributed by atoms with van der Waals surface area (Å²) in [5.41, 5.74) is 1.96. The van der Waals surface area contributed by atoms with E-state index < -0.39 is 28.0 Å². The first kappa shape index (κ1) is 29.7. The number of carbonyl (C=O) groups is 2. The monoisotopic (exact) mass is 638 g/mol. The van der Waals surface area contributed by atoms with Crippen LogP contribution in [0.2, 0.25) is 0 Å². The highest BCUT2D eigenvalue weighted by atomic mass is 32.2. The van der Waals surface area contributed by atoms with Crippen LogP contribution in [-0.4, -0.2) is 58.5 Å². The standard InChI is InChI=1S/C31H30N2O9S2/c1-2-3-19-14-21(31(35)36)5-7-24(19)42-29(20-4-8-25-26(16-20)41-18-40-25)30(34)32-44(37,38)28-17-22-15-23(6-9-27(22)43-28)33-10-12-39-13-11-33/h4-9,14-17,29H,2-3,10-13,18H2,1H3,(H,32,34)(H,35,36). The summed E-state index contributed by atoms with van der Waals surface area (Å²) in [5, 5.41) is 10.2. The number of nitrogens with zero attached hydrogens (tertiary/aromatic N) is 1. The van der Waals surface area contributed by atoms with E-state index in [1.54, 1.807) is 24.3 Å². The topological polar surface area (TPSA) is 141 Å². The SMILES string of the molecule is CCCc1cc(C(=O)O)ccc1OC(C(=O)NS(=O)(=O)c1cc2cc(N3CCOCC3)ccc2s1)c1ccc2c(c1)OCO2. The first-order valence-corrected chi connectivity index (χ1v) is 16.4. The van der Waals surface area contributed by atoms with E-state index in [-0.39, 0.29) is 22.3 Å². The number of hydrogen-bond acceptors (Lipinski definition) is 10. The van der Waals surface area contributed by atoms with Gasteiger partial charge in [0.05, 0.1) is 18.8 Å². The Morgan fingerprint density at radius 2 is 1.82 bits per heavy atom. The van der Waals surface area contributed by atoms with E-state index in [4.69, 9.17) is 18.9 Å². The maximum atomic E-state index is 13.8. The number of aryl methyl sites for hydroxylation is 1. The van der Waals surface area contributed by atoms with Gasteiger partial charge in [-0.05, 0) is 72.0 Å². The van der Waals surface area contributed by atoms with Crippen molar-refractivity contribution in [3.05, 3.63) is 77.4 Å². The van der Waals surface area contributed by atoms with Gasteiger partial charge in [-0.15, -0.1) is 11.3 Å². The molecule has 2 N–H and O–H groups in total. The molecule has 3 heterocycles. The second-order valence-corrected chi connectivity index (χ2v) is 13.3. The third-order valence-electron chi connectivity index (χ3n) is 7.36. The number of thiophene rings is 1. The summed E-state index contributed by atoms with van der Waals surface area (Å²) in [5.74, 6) is -0.864. The molecule has 13 heteroatoms. The number of carbonyl (C=O) groups excluding carboxylic acids is 1. The average Bonchev–Trinajstić information content (AvgIpc) is 3.67. The van der Waals surface area contributed by atoms with Gasteiger partial charge in [-0.3, -0.25) is 4.79 Å². The molecule has 0 radical (unpaired) electrons. The van der Waals surface area contributed by atoms with Crippen molar-refractivity contribution < 1.29 is 42.1 Å². The second-order valence-electron chi connectivity index (χ2n) is 10.3. The number of anilines is 1. The van der Waals surface area contributed by atoms with Crippen molar-refractivity contribution in [3.63, 3.8) is 0 Å². The van der Waals surface area contributed by atoms with Crippen LogP contribution in [0, 0.1) is 0 Å². The molecule has 0 aliphatic carbocycles. The van der Waals surface area contributed by atoms with E-state index in [2.05, 4.69) is 9.62 Å². The Balaban J connectivity index is 1.31. The lowest BCUT2D eigenvalue weighted by molar-refractivity contribution is -0.126. The quantitative estimate of drug-likeness (QED) is 0.250. The minimum atomic E-state index is -4.28. The van der Waals surface area contributed by atoms with Crippen LogP contribution >= 0.6 is 11.3 Å². The Labute approximate surface area is 258 Å². The molecule has 3 aromatic carbocycles. The van der Waals surface area contributed by atoms with Gasteiger partial charge >= 0.3 is 5.97 Å². The molecule has 6 rings (SSSR count). The maximum absolute atomic E-state index is 13.8. The first-order chi connectivity index (χ1) is 21.2. The zero-order valence-corrected chi connectivity index (χ0v) is 25.4. The minimum Gasteiger partial charge on any atom is -0.478 e. The van der Waals surface area contributed by atoms with Crippen molar-refractivity contribution >= 4 is 49.0 Å². The second kappa shape index (κ2) is 12.3. The fourth-order valence-electron chi connectivity index (χ4n) is 5.16. The summed E-state index contributed by atoms with van der Waals surface area (Å²) in [6.45, 7) is 4.70. The van der Waals surface area contributed by atoms with Crippen molar-refractivity contribution in [1.29, 1.82) is 0 Å². The highest BCUT2D eigenvalue weighted by molar-refractivity contribution is 7.92. The molecular weight excluding hydrogens is 608 g/mol. The van der Waals surface area contributed by atoms with Crippen molar-refractivity contribution in [2.24, 2.45) is 0 Å². The van der Waals surface area contributed by atoms with E-state index in [1.807, 2.05) is 25.1 Å². The highest BCUT2D eigenvalue weighted by Crippen LogP contribution is 2.37. The van der Waals surface area contributed by atoms with Crippen LogP contribution in [0.5, 0.6) is 17.2 Å². The van der Waals surface area contributed by atoms with E-state index in [9.17, 15) is 23.1 Å². The lowest BCUT2D eigenvalue weighted by Gasteiger charge is -2.28. The molecule has 1 amide bonds. The van der Waals surface area contributed by atoms with E-state index in [1.165, 1.54) is 18.2 Å². The van der Waals surface area contributed by atoms with Gasteiger partial charge in [0.1, 0.15) is 9.96 Å². The van der Waals surface area contributed by atoms with Gasteiger partial charge in [0.25, 0.3) is 15.9 Å². The fraction of sp³-hybridized carbons (Fsp3) is 0.290. The zero-order valence-electron chi connectivity index (χ0n) is 23.8. The zero-order chi connectivity index (χ0) is 30.8. The number of ether oxygens (including phenoxy) is 4. The third-order valence-corrected chi connectivity index (χ3v) is 10.3. The maximum Gasteiger partial charge on any atom is 0.335 e. The number of aromatic carboxylic acids is 1. The van der Waals surface area contributed by atoms with Gasteiger partial charge in [-0.1, -0.05) is 19.4 Å². The first-order valence-electron chi connectivity index (χ1n) is 14.1. The summed E-state index contributed by atoms with van der Waals surface area (Å²) >= 11 is 1.06.